The number of anilines is 1. The molecule has 0 bridgehead atoms. The number of rotatable bonds is 4. The lowest BCUT2D eigenvalue weighted by molar-refractivity contribution is -0.120. The standard InChI is InChI=1S/C20H22B3F3N4O2/c1-17(24)9-19(25,26)18(30-16(17)27)7-10-2-3-11(6-13(10)18)29-15(31)14-5-4-12(8-28-14)32-20(21,22)23/h2-6,8H,7,9,21-23H2,1H3,(H2,27,30)(H,29,31)/t17-,18-/m1/s1. The van der Waals surface area contributed by atoms with E-state index in [-0.39, 0.29) is 17.7 Å². The maximum Gasteiger partial charge on any atom is 0.280 e. The Morgan fingerprint density at radius 1 is 1.22 bits per heavy atom. The van der Waals surface area contributed by atoms with Crippen molar-refractivity contribution in [2.75, 3.05) is 5.32 Å². The Balaban J connectivity index is 1.57. The SMILES string of the molecule is BC(B)(B)Oc1ccc(C(=O)Nc2ccc3c(c2)[C@@]2(C3)N=C(N)[C@](C)(F)CC2(F)F)nc1. The fourth-order valence-electron chi connectivity index (χ4n) is 4.06. The number of carbonyl (C=O) groups is 1. The van der Waals surface area contributed by atoms with E-state index in [0.29, 0.717) is 17.0 Å². The van der Waals surface area contributed by atoms with Crippen LogP contribution in [0.4, 0.5) is 18.9 Å². The summed E-state index contributed by atoms with van der Waals surface area (Å²) in [7, 11) is 5.69. The normalized spacial score (nSPS) is 25.9. The summed E-state index contributed by atoms with van der Waals surface area (Å²) in [6, 6.07) is 7.86. The van der Waals surface area contributed by atoms with Crippen molar-refractivity contribution >= 4 is 41.0 Å². The van der Waals surface area contributed by atoms with Crippen molar-refractivity contribution in [3.63, 3.8) is 0 Å². The first-order valence-electron chi connectivity index (χ1n) is 10.2. The van der Waals surface area contributed by atoms with E-state index >= 15 is 0 Å². The lowest BCUT2D eigenvalue weighted by Crippen LogP contribution is -2.61. The minimum atomic E-state index is -3.42. The first-order valence-corrected chi connectivity index (χ1v) is 10.2. The van der Waals surface area contributed by atoms with Crippen LogP contribution in [0.1, 0.15) is 35.0 Å². The molecule has 0 fully saturated rings. The Hall–Kier alpha value is -2.91. The van der Waals surface area contributed by atoms with E-state index in [0.717, 1.165) is 6.92 Å². The van der Waals surface area contributed by atoms with Crippen LogP contribution in [0.3, 0.4) is 0 Å². The number of nitrogens with zero attached hydrogens (tertiary/aromatic N) is 2. The number of pyridine rings is 1. The van der Waals surface area contributed by atoms with Gasteiger partial charge in [-0.05, 0) is 42.3 Å². The highest BCUT2D eigenvalue weighted by Crippen LogP contribution is 2.57. The highest BCUT2D eigenvalue weighted by molar-refractivity contribution is 6.58. The Morgan fingerprint density at radius 2 is 1.94 bits per heavy atom. The van der Waals surface area contributed by atoms with Gasteiger partial charge in [0.15, 0.2) is 11.2 Å². The minimum Gasteiger partial charge on any atom is -0.512 e. The van der Waals surface area contributed by atoms with Gasteiger partial charge in [-0.3, -0.25) is 9.79 Å². The van der Waals surface area contributed by atoms with Crippen LogP contribution in [-0.2, 0) is 12.0 Å². The number of ether oxygens (including phenoxy) is 1. The number of alkyl halides is 3. The van der Waals surface area contributed by atoms with Crippen molar-refractivity contribution < 1.29 is 22.7 Å². The van der Waals surface area contributed by atoms with Gasteiger partial charge >= 0.3 is 0 Å². The van der Waals surface area contributed by atoms with Gasteiger partial charge < -0.3 is 15.8 Å². The average Bonchev–Trinajstić information content (AvgIpc) is 2.64. The molecule has 3 N–H and O–H groups in total. The molecule has 1 spiro atoms. The third kappa shape index (κ3) is 3.76. The number of hydrogen-bond donors (Lipinski definition) is 2. The van der Waals surface area contributed by atoms with Gasteiger partial charge in [0.25, 0.3) is 11.8 Å². The number of halogens is 3. The van der Waals surface area contributed by atoms with E-state index in [9.17, 15) is 18.0 Å². The van der Waals surface area contributed by atoms with Crippen molar-refractivity contribution in [2.45, 2.75) is 42.2 Å². The van der Waals surface area contributed by atoms with Gasteiger partial charge in [-0.15, -0.1) is 0 Å². The van der Waals surface area contributed by atoms with Gasteiger partial charge in [0.05, 0.1) is 12.6 Å². The zero-order chi connectivity index (χ0) is 23.5. The maximum absolute atomic E-state index is 15.0. The Morgan fingerprint density at radius 3 is 2.56 bits per heavy atom. The summed E-state index contributed by atoms with van der Waals surface area (Å²) in [6.07, 6.45) is 0.357. The van der Waals surface area contributed by atoms with E-state index in [1.807, 2.05) is 23.5 Å². The number of hydrogen-bond acceptors (Lipinski definition) is 5. The highest BCUT2D eigenvalue weighted by Gasteiger charge is 2.66. The van der Waals surface area contributed by atoms with Gasteiger partial charge in [0, 0.05) is 17.4 Å². The molecule has 1 aromatic carbocycles. The van der Waals surface area contributed by atoms with Crippen LogP contribution in [0, 0.1) is 0 Å². The van der Waals surface area contributed by atoms with Crippen LogP contribution in [0.15, 0.2) is 41.5 Å². The molecule has 1 amide bonds. The monoisotopic (exact) mass is 440 g/mol. The Bertz CT molecular complexity index is 1120. The van der Waals surface area contributed by atoms with Crippen molar-refractivity contribution in [2.24, 2.45) is 10.7 Å². The second-order valence-electron chi connectivity index (χ2n) is 9.53. The molecule has 0 saturated carbocycles. The first-order chi connectivity index (χ1) is 14.7. The summed E-state index contributed by atoms with van der Waals surface area (Å²) >= 11 is 0. The van der Waals surface area contributed by atoms with E-state index < -0.39 is 40.6 Å². The quantitative estimate of drug-likeness (QED) is 0.661. The third-order valence-corrected chi connectivity index (χ3v) is 5.66. The van der Waals surface area contributed by atoms with Crippen LogP contribution >= 0.6 is 0 Å². The number of benzene rings is 1. The predicted octanol–water partition coefficient (Wildman–Crippen LogP) is 0.0991. The second kappa shape index (κ2) is 7.05. The molecule has 2 aromatic rings. The molecule has 164 valence electrons. The smallest absolute Gasteiger partial charge is 0.280 e. The molecule has 2 heterocycles. The van der Waals surface area contributed by atoms with E-state index in [1.165, 1.54) is 18.3 Å². The zero-order valence-corrected chi connectivity index (χ0v) is 18.3. The van der Waals surface area contributed by atoms with Crippen LogP contribution in [0.5, 0.6) is 5.75 Å². The van der Waals surface area contributed by atoms with Crippen LogP contribution in [0.25, 0.3) is 0 Å². The Kier molecular flexibility index (Phi) is 4.91. The van der Waals surface area contributed by atoms with Crippen LogP contribution in [-0.4, -0.2) is 57.2 Å². The molecule has 0 saturated heterocycles. The van der Waals surface area contributed by atoms with Crippen molar-refractivity contribution in [1.29, 1.82) is 0 Å². The molecular weight excluding hydrogens is 418 g/mol. The van der Waals surface area contributed by atoms with Gasteiger partial charge in [0.2, 0.25) is 0 Å². The van der Waals surface area contributed by atoms with Crippen molar-refractivity contribution in [3.05, 3.63) is 53.3 Å². The topological polar surface area (TPSA) is 89.6 Å². The van der Waals surface area contributed by atoms with E-state index in [2.05, 4.69) is 15.3 Å². The van der Waals surface area contributed by atoms with Gasteiger partial charge in [0.1, 0.15) is 40.8 Å². The van der Waals surface area contributed by atoms with Gasteiger partial charge in [-0.1, -0.05) is 6.07 Å². The number of amides is 1. The third-order valence-electron chi connectivity index (χ3n) is 5.66. The summed E-state index contributed by atoms with van der Waals surface area (Å²) in [5.74, 6) is -3.84. The summed E-state index contributed by atoms with van der Waals surface area (Å²) < 4.78 is 50.0. The molecule has 2 aliphatic rings. The minimum absolute atomic E-state index is 0.0445. The molecule has 0 unspecified atom stereocenters. The van der Waals surface area contributed by atoms with Crippen molar-refractivity contribution in [3.8, 4) is 5.75 Å². The van der Waals surface area contributed by atoms with Gasteiger partial charge in [-0.2, -0.15) is 0 Å². The summed E-state index contributed by atoms with van der Waals surface area (Å²) in [6.45, 7) is 1.01. The molecular formula is C20H22B3F3N4O2. The van der Waals surface area contributed by atoms with E-state index in [1.54, 1.807) is 18.2 Å². The first kappa shape index (κ1) is 22.3. The van der Waals surface area contributed by atoms with E-state index in [4.69, 9.17) is 10.5 Å². The van der Waals surface area contributed by atoms with Crippen LogP contribution in [0.2, 0.25) is 0 Å². The van der Waals surface area contributed by atoms with Gasteiger partial charge in [-0.25, -0.2) is 18.2 Å². The predicted molar refractivity (Wildman–Crippen MR) is 124 cm³/mol. The lowest BCUT2D eigenvalue weighted by atomic mass is 9.52. The molecule has 0 radical (unpaired) electrons. The summed E-state index contributed by atoms with van der Waals surface area (Å²) in [5, 5.41) is 2.26. The fourth-order valence-corrected chi connectivity index (χ4v) is 4.06. The number of fused-ring (bicyclic) bond motifs is 2. The largest absolute Gasteiger partial charge is 0.512 e. The fraction of sp³-hybridized carbons (Fsp3) is 0.350. The number of nitrogens with one attached hydrogen (secondary N) is 1. The lowest BCUT2D eigenvalue weighted by Gasteiger charge is -2.50. The number of aliphatic imine (C=N–C) groups is 1. The number of aromatic nitrogens is 1. The molecule has 4 rings (SSSR count). The molecule has 12 heteroatoms. The number of nitrogens with two attached hydrogens (primary N) is 1. The molecule has 6 nitrogen and oxygen atoms in total. The molecule has 1 aromatic heterocycles. The molecule has 2 atom stereocenters. The second-order valence-corrected chi connectivity index (χ2v) is 9.53. The van der Waals surface area contributed by atoms with Crippen molar-refractivity contribution in [1.82, 2.24) is 4.98 Å². The van der Waals surface area contributed by atoms with Crippen LogP contribution < -0.4 is 15.8 Å². The molecule has 32 heavy (non-hydrogen) atoms. The number of carbonyl (C=O) groups excluding carboxylic acids is 1. The summed E-state index contributed by atoms with van der Waals surface area (Å²) in [5.41, 5.74) is 2.73. The average molecular weight is 440 g/mol. The Labute approximate surface area is 186 Å². The molecule has 1 aliphatic carbocycles. The highest BCUT2D eigenvalue weighted by atomic mass is 19.3. The zero-order valence-electron chi connectivity index (χ0n) is 18.3. The number of amidine groups is 1. The summed E-state index contributed by atoms with van der Waals surface area (Å²) in [4.78, 5) is 20.6. The molecule has 1 aliphatic heterocycles. The maximum atomic E-state index is 15.0.